The van der Waals surface area contributed by atoms with E-state index in [1.165, 1.54) is 6.92 Å². The molecule has 1 atom stereocenters. The number of carboxylic acids is 1. The predicted octanol–water partition coefficient (Wildman–Crippen LogP) is 1.53. The van der Waals surface area contributed by atoms with Gasteiger partial charge in [-0.15, -0.1) is 0 Å². The number of aliphatic carboxylic acids is 1. The highest BCUT2D eigenvalue weighted by atomic mass is 32.2. The summed E-state index contributed by atoms with van der Waals surface area (Å²) in [6, 6.07) is 0. The van der Waals surface area contributed by atoms with Gasteiger partial charge in [0.05, 0.1) is 11.2 Å². The van der Waals surface area contributed by atoms with Crippen molar-refractivity contribution in [2.24, 2.45) is 5.92 Å². The van der Waals surface area contributed by atoms with Crippen molar-refractivity contribution in [2.75, 3.05) is 13.3 Å². The van der Waals surface area contributed by atoms with Crippen LogP contribution in [0.3, 0.4) is 0 Å². The van der Waals surface area contributed by atoms with Crippen molar-refractivity contribution < 1.29 is 33.8 Å². The molecule has 9 heteroatoms. The lowest BCUT2D eigenvalue weighted by atomic mass is 9.89. The highest BCUT2D eigenvalue weighted by Gasteiger charge is 2.23. The molecule has 0 aromatic heterocycles. The molecular weight excluding hydrogens is 326 g/mol. The average molecular weight is 347 g/mol. The molecule has 0 bridgehead atoms. The largest absolute Gasteiger partial charge is 0.480 e. The summed E-state index contributed by atoms with van der Waals surface area (Å²) < 4.78 is 9.63. The van der Waals surface area contributed by atoms with Crippen LogP contribution in [0, 0.1) is 5.92 Å². The maximum Gasteiger partial charge on any atom is 0.370 e. The Morgan fingerprint density at radius 3 is 2.43 bits per heavy atom. The first kappa shape index (κ1) is 19.3. The van der Waals surface area contributed by atoms with Crippen molar-refractivity contribution in [1.29, 1.82) is 0 Å². The molecule has 1 fully saturated rings. The molecule has 1 saturated carbocycles. The van der Waals surface area contributed by atoms with Crippen LogP contribution in [0.4, 0.5) is 4.79 Å². The third kappa shape index (κ3) is 7.87. The Bertz CT molecular complexity index is 448. The summed E-state index contributed by atoms with van der Waals surface area (Å²) in [7, 11) is 0. The minimum Gasteiger partial charge on any atom is -0.480 e. The number of thioether (sulfide) groups is 1. The van der Waals surface area contributed by atoms with E-state index in [4.69, 9.17) is 14.6 Å². The SMILES string of the molecule is CC(SC(=O)OCOC(=O)C1CCCCC1)C(=O)NCC(=O)O. The number of nitrogens with one attached hydrogen (secondary N) is 1. The number of ether oxygens (including phenoxy) is 2. The molecule has 0 aromatic rings. The van der Waals surface area contributed by atoms with E-state index in [9.17, 15) is 19.2 Å². The van der Waals surface area contributed by atoms with E-state index in [0.29, 0.717) is 11.8 Å². The van der Waals surface area contributed by atoms with E-state index < -0.39 is 35.8 Å². The third-order valence-corrected chi connectivity index (χ3v) is 4.25. The fourth-order valence-corrected chi connectivity index (χ4v) is 2.73. The smallest absolute Gasteiger partial charge is 0.370 e. The quantitative estimate of drug-likeness (QED) is 0.525. The average Bonchev–Trinajstić information content (AvgIpc) is 2.53. The molecule has 130 valence electrons. The second kappa shape index (κ2) is 10.1. The minimum absolute atomic E-state index is 0.129. The van der Waals surface area contributed by atoms with Gasteiger partial charge < -0.3 is 19.9 Å². The van der Waals surface area contributed by atoms with Gasteiger partial charge in [-0.1, -0.05) is 19.3 Å². The van der Waals surface area contributed by atoms with E-state index in [-0.39, 0.29) is 11.9 Å². The van der Waals surface area contributed by atoms with E-state index in [1.807, 2.05) is 0 Å². The number of carbonyl (C=O) groups excluding carboxylic acids is 3. The molecule has 1 unspecified atom stereocenters. The van der Waals surface area contributed by atoms with Crippen LogP contribution in [0.1, 0.15) is 39.0 Å². The number of carbonyl (C=O) groups is 4. The zero-order valence-corrected chi connectivity index (χ0v) is 13.7. The molecule has 0 aliphatic heterocycles. The zero-order valence-electron chi connectivity index (χ0n) is 12.9. The molecule has 0 radical (unpaired) electrons. The number of amides is 1. The van der Waals surface area contributed by atoms with Crippen molar-refractivity contribution in [2.45, 2.75) is 44.3 Å². The first-order chi connectivity index (χ1) is 10.9. The highest BCUT2D eigenvalue weighted by Crippen LogP contribution is 2.24. The molecule has 0 aromatic carbocycles. The van der Waals surface area contributed by atoms with Gasteiger partial charge in [0, 0.05) is 0 Å². The molecule has 0 heterocycles. The van der Waals surface area contributed by atoms with Gasteiger partial charge >= 0.3 is 17.2 Å². The standard InChI is InChI=1S/C14H21NO7S/c1-9(12(18)15-7-11(16)17)23-14(20)22-8-21-13(19)10-5-3-2-4-6-10/h9-10H,2-8H2,1H3,(H,15,18)(H,16,17). The van der Waals surface area contributed by atoms with Gasteiger partial charge in [0.2, 0.25) is 12.7 Å². The lowest BCUT2D eigenvalue weighted by molar-refractivity contribution is -0.157. The van der Waals surface area contributed by atoms with Crippen molar-refractivity contribution in [3.8, 4) is 0 Å². The van der Waals surface area contributed by atoms with Crippen LogP contribution in [-0.4, -0.2) is 46.8 Å². The summed E-state index contributed by atoms with van der Waals surface area (Å²) in [4.78, 5) is 45.0. The van der Waals surface area contributed by atoms with Gasteiger partial charge in [-0.3, -0.25) is 14.4 Å². The van der Waals surface area contributed by atoms with Gasteiger partial charge in [0.15, 0.2) is 0 Å². The van der Waals surface area contributed by atoms with Gasteiger partial charge in [-0.2, -0.15) is 0 Å². The van der Waals surface area contributed by atoms with Crippen molar-refractivity contribution in [3.63, 3.8) is 0 Å². The Labute approximate surface area is 138 Å². The monoisotopic (exact) mass is 347 g/mol. The zero-order chi connectivity index (χ0) is 17.2. The van der Waals surface area contributed by atoms with Gasteiger partial charge in [-0.25, -0.2) is 4.79 Å². The van der Waals surface area contributed by atoms with Crippen LogP contribution >= 0.6 is 11.8 Å². The van der Waals surface area contributed by atoms with Gasteiger partial charge in [0.25, 0.3) is 0 Å². The molecule has 1 rings (SSSR count). The number of esters is 1. The lowest BCUT2D eigenvalue weighted by Crippen LogP contribution is -2.35. The highest BCUT2D eigenvalue weighted by molar-refractivity contribution is 8.14. The van der Waals surface area contributed by atoms with Crippen LogP contribution < -0.4 is 5.32 Å². The topological polar surface area (TPSA) is 119 Å². The normalized spacial score (nSPS) is 16.2. The Morgan fingerprint density at radius 1 is 1.17 bits per heavy atom. The van der Waals surface area contributed by atoms with Crippen molar-refractivity contribution in [1.82, 2.24) is 5.32 Å². The van der Waals surface area contributed by atoms with Crippen LogP contribution in [0.5, 0.6) is 0 Å². The molecular formula is C14H21NO7S. The first-order valence-corrected chi connectivity index (χ1v) is 8.27. The number of rotatable bonds is 7. The molecule has 0 saturated heterocycles. The van der Waals surface area contributed by atoms with Gasteiger partial charge in [0.1, 0.15) is 6.54 Å². The number of hydrogen-bond donors (Lipinski definition) is 2. The summed E-state index contributed by atoms with van der Waals surface area (Å²) in [5, 5.41) is 9.02. The fraction of sp³-hybridized carbons (Fsp3) is 0.714. The van der Waals surface area contributed by atoms with Gasteiger partial charge in [-0.05, 0) is 31.5 Å². The summed E-state index contributed by atoms with van der Waals surface area (Å²) in [5.41, 5.74) is 0. The molecule has 1 aliphatic carbocycles. The second-order valence-corrected chi connectivity index (χ2v) is 6.46. The van der Waals surface area contributed by atoms with Crippen molar-refractivity contribution >= 4 is 34.9 Å². The van der Waals surface area contributed by atoms with E-state index in [0.717, 1.165) is 32.1 Å². The Balaban J connectivity index is 2.19. The Morgan fingerprint density at radius 2 is 1.83 bits per heavy atom. The van der Waals surface area contributed by atoms with Crippen LogP contribution in [0.2, 0.25) is 0 Å². The Hall–Kier alpha value is -1.77. The van der Waals surface area contributed by atoms with Crippen molar-refractivity contribution in [3.05, 3.63) is 0 Å². The molecule has 1 amide bonds. The lowest BCUT2D eigenvalue weighted by Gasteiger charge is -2.19. The summed E-state index contributed by atoms with van der Waals surface area (Å²) in [6.07, 6.45) is 4.71. The van der Waals surface area contributed by atoms with E-state index in [2.05, 4.69) is 5.32 Å². The Kier molecular flexibility index (Phi) is 8.46. The molecule has 0 spiro atoms. The maximum atomic E-state index is 11.7. The fourth-order valence-electron chi connectivity index (χ4n) is 2.13. The molecule has 8 nitrogen and oxygen atoms in total. The van der Waals surface area contributed by atoms with Crippen LogP contribution in [-0.2, 0) is 23.9 Å². The summed E-state index contributed by atoms with van der Waals surface area (Å²) in [5.74, 6) is -2.26. The summed E-state index contributed by atoms with van der Waals surface area (Å²) >= 11 is 0.589. The van der Waals surface area contributed by atoms with Crippen LogP contribution in [0.15, 0.2) is 0 Å². The second-order valence-electron chi connectivity index (χ2n) is 5.18. The van der Waals surface area contributed by atoms with E-state index >= 15 is 0 Å². The predicted molar refractivity (Wildman–Crippen MR) is 81.7 cm³/mol. The van der Waals surface area contributed by atoms with Crippen LogP contribution in [0.25, 0.3) is 0 Å². The molecule has 1 aliphatic rings. The molecule has 23 heavy (non-hydrogen) atoms. The maximum absolute atomic E-state index is 11.7. The number of carboxylic acid groups (broad SMARTS) is 1. The number of hydrogen-bond acceptors (Lipinski definition) is 7. The van der Waals surface area contributed by atoms with E-state index in [1.54, 1.807) is 0 Å². The first-order valence-electron chi connectivity index (χ1n) is 7.39. The third-order valence-electron chi connectivity index (χ3n) is 3.37. The molecule has 2 N–H and O–H groups in total. The summed E-state index contributed by atoms with van der Waals surface area (Å²) in [6.45, 7) is 0.444. The minimum atomic E-state index is -1.17.